The van der Waals surface area contributed by atoms with Gasteiger partial charge in [0.05, 0.1) is 21.3 Å². The summed E-state index contributed by atoms with van der Waals surface area (Å²) < 4.78 is 16.3. The van der Waals surface area contributed by atoms with Crippen molar-refractivity contribution in [3.05, 3.63) is 17.7 Å². The second-order valence-electron chi connectivity index (χ2n) is 6.07. The Morgan fingerprint density at radius 1 is 0.962 bits per heavy atom. The SMILES string of the molecule is CCNC(=NCC(CC)CC)NCCc1ccc(OC)c(OC)c1OC. The number of nitrogens with zero attached hydrogens (tertiary/aromatic N) is 1. The number of ether oxygens (including phenoxy) is 3. The van der Waals surface area contributed by atoms with Gasteiger partial charge in [-0.1, -0.05) is 32.8 Å². The van der Waals surface area contributed by atoms with E-state index in [2.05, 4.69) is 31.4 Å². The monoisotopic (exact) mass is 365 g/mol. The fourth-order valence-electron chi connectivity index (χ4n) is 2.78. The van der Waals surface area contributed by atoms with Crippen molar-refractivity contribution in [3.8, 4) is 17.2 Å². The summed E-state index contributed by atoms with van der Waals surface area (Å²) in [6.07, 6.45) is 3.10. The molecule has 0 atom stereocenters. The third-order valence-electron chi connectivity index (χ3n) is 4.48. The summed E-state index contributed by atoms with van der Waals surface area (Å²) in [6, 6.07) is 3.92. The molecule has 1 rings (SSSR count). The molecule has 0 aliphatic heterocycles. The van der Waals surface area contributed by atoms with E-state index in [4.69, 9.17) is 19.2 Å². The van der Waals surface area contributed by atoms with Gasteiger partial charge in [-0.3, -0.25) is 4.99 Å². The number of aliphatic imine (C=N–C) groups is 1. The molecule has 2 N–H and O–H groups in total. The van der Waals surface area contributed by atoms with Crippen LogP contribution in [0.4, 0.5) is 0 Å². The number of hydrogen-bond donors (Lipinski definition) is 2. The van der Waals surface area contributed by atoms with Crippen molar-refractivity contribution >= 4 is 5.96 Å². The highest BCUT2D eigenvalue weighted by atomic mass is 16.5. The summed E-state index contributed by atoms with van der Waals surface area (Å²) in [5.41, 5.74) is 1.06. The predicted molar refractivity (Wildman–Crippen MR) is 108 cm³/mol. The molecule has 0 spiro atoms. The molecule has 148 valence electrons. The Labute approximate surface area is 158 Å². The highest BCUT2D eigenvalue weighted by molar-refractivity contribution is 5.79. The first-order valence-corrected chi connectivity index (χ1v) is 9.44. The molecule has 0 amide bonds. The summed E-state index contributed by atoms with van der Waals surface area (Å²) in [4.78, 5) is 4.71. The van der Waals surface area contributed by atoms with Crippen LogP contribution >= 0.6 is 0 Å². The first-order valence-electron chi connectivity index (χ1n) is 9.44. The third-order valence-corrected chi connectivity index (χ3v) is 4.48. The molecule has 0 unspecified atom stereocenters. The van der Waals surface area contributed by atoms with E-state index in [1.807, 2.05) is 12.1 Å². The van der Waals surface area contributed by atoms with Crippen molar-refractivity contribution in [2.45, 2.75) is 40.0 Å². The molecule has 6 heteroatoms. The Morgan fingerprint density at radius 3 is 2.19 bits per heavy atom. The van der Waals surface area contributed by atoms with Gasteiger partial charge in [0.15, 0.2) is 17.5 Å². The van der Waals surface area contributed by atoms with E-state index < -0.39 is 0 Å². The minimum absolute atomic E-state index is 0.627. The van der Waals surface area contributed by atoms with Crippen molar-refractivity contribution in [2.24, 2.45) is 10.9 Å². The first-order chi connectivity index (χ1) is 12.6. The Hall–Kier alpha value is -2.11. The Kier molecular flexibility index (Phi) is 10.4. The third kappa shape index (κ3) is 6.32. The smallest absolute Gasteiger partial charge is 0.203 e. The van der Waals surface area contributed by atoms with Gasteiger partial charge in [-0.2, -0.15) is 0 Å². The van der Waals surface area contributed by atoms with Crippen LogP contribution in [0.25, 0.3) is 0 Å². The zero-order valence-electron chi connectivity index (χ0n) is 17.1. The molecule has 0 aliphatic carbocycles. The van der Waals surface area contributed by atoms with E-state index >= 15 is 0 Å². The summed E-state index contributed by atoms with van der Waals surface area (Å²) in [5.74, 6) is 3.51. The van der Waals surface area contributed by atoms with Gasteiger partial charge in [-0.15, -0.1) is 0 Å². The summed E-state index contributed by atoms with van der Waals surface area (Å²) in [7, 11) is 4.89. The standard InChI is InChI=1S/C20H35N3O3/c1-7-15(8-2)14-23-20(21-9-3)22-13-12-16-10-11-17(24-4)19(26-6)18(16)25-5/h10-11,15H,7-9,12-14H2,1-6H3,(H2,21,22,23). The van der Waals surface area contributed by atoms with Crippen LogP contribution in [0.2, 0.25) is 0 Å². The number of hydrogen-bond acceptors (Lipinski definition) is 4. The number of guanidine groups is 1. The second-order valence-corrected chi connectivity index (χ2v) is 6.07. The Morgan fingerprint density at radius 2 is 1.65 bits per heavy atom. The van der Waals surface area contributed by atoms with Gasteiger partial charge in [0.2, 0.25) is 5.75 Å². The fraction of sp³-hybridized carbons (Fsp3) is 0.650. The summed E-state index contributed by atoms with van der Waals surface area (Å²) in [6.45, 7) is 8.95. The lowest BCUT2D eigenvalue weighted by molar-refractivity contribution is 0.322. The van der Waals surface area contributed by atoms with Crippen LogP contribution in [-0.4, -0.2) is 46.9 Å². The largest absolute Gasteiger partial charge is 0.493 e. The van der Waals surface area contributed by atoms with Crippen LogP contribution in [0, 0.1) is 5.92 Å². The van der Waals surface area contributed by atoms with Crippen molar-refractivity contribution in [2.75, 3.05) is 41.0 Å². The molecule has 0 saturated heterocycles. The summed E-state index contributed by atoms with van der Waals surface area (Å²) >= 11 is 0. The number of rotatable bonds is 11. The van der Waals surface area contributed by atoms with E-state index in [0.29, 0.717) is 23.2 Å². The lowest BCUT2D eigenvalue weighted by atomic mass is 10.0. The van der Waals surface area contributed by atoms with Crippen molar-refractivity contribution in [3.63, 3.8) is 0 Å². The van der Waals surface area contributed by atoms with E-state index in [0.717, 1.165) is 50.4 Å². The zero-order valence-corrected chi connectivity index (χ0v) is 17.1. The molecule has 0 fully saturated rings. The lowest BCUT2D eigenvalue weighted by Gasteiger charge is -2.17. The van der Waals surface area contributed by atoms with E-state index in [1.54, 1.807) is 21.3 Å². The molecule has 0 bridgehead atoms. The van der Waals surface area contributed by atoms with Crippen LogP contribution in [0.5, 0.6) is 17.2 Å². The molecule has 26 heavy (non-hydrogen) atoms. The first kappa shape index (κ1) is 21.9. The van der Waals surface area contributed by atoms with Gasteiger partial charge >= 0.3 is 0 Å². The number of nitrogens with one attached hydrogen (secondary N) is 2. The fourth-order valence-corrected chi connectivity index (χ4v) is 2.78. The van der Waals surface area contributed by atoms with Gasteiger partial charge in [-0.25, -0.2) is 0 Å². The maximum absolute atomic E-state index is 5.54. The van der Waals surface area contributed by atoms with Gasteiger partial charge in [-0.05, 0) is 25.3 Å². The van der Waals surface area contributed by atoms with Gasteiger partial charge in [0.25, 0.3) is 0 Å². The van der Waals surface area contributed by atoms with E-state index in [-0.39, 0.29) is 0 Å². The van der Waals surface area contributed by atoms with Gasteiger partial charge in [0.1, 0.15) is 0 Å². The van der Waals surface area contributed by atoms with Gasteiger partial charge < -0.3 is 24.8 Å². The molecular formula is C20H35N3O3. The molecule has 6 nitrogen and oxygen atoms in total. The number of methoxy groups -OCH3 is 3. The minimum Gasteiger partial charge on any atom is -0.493 e. The van der Waals surface area contributed by atoms with Crippen LogP contribution in [-0.2, 0) is 6.42 Å². The van der Waals surface area contributed by atoms with E-state index in [9.17, 15) is 0 Å². The van der Waals surface area contributed by atoms with E-state index in [1.165, 1.54) is 0 Å². The second kappa shape index (κ2) is 12.3. The molecular weight excluding hydrogens is 330 g/mol. The maximum atomic E-state index is 5.54. The van der Waals surface area contributed by atoms with Crippen LogP contribution in [0.3, 0.4) is 0 Å². The molecule has 1 aromatic carbocycles. The maximum Gasteiger partial charge on any atom is 0.203 e. The summed E-state index contributed by atoms with van der Waals surface area (Å²) in [5, 5.41) is 6.71. The predicted octanol–water partition coefficient (Wildman–Crippen LogP) is 3.25. The molecule has 0 aromatic heterocycles. The number of benzene rings is 1. The molecule has 0 radical (unpaired) electrons. The Balaban J connectivity index is 2.76. The zero-order chi connectivity index (χ0) is 19.4. The molecule has 0 aliphatic rings. The van der Waals surface area contributed by atoms with Crippen LogP contribution < -0.4 is 24.8 Å². The van der Waals surface area contributed by atoms with Crippen LogP contribution in [0.1, 0.15) is 39.2 Å². The van der Waals surface area contributed by atoms with Crippen LogP contribution in [0.15, 0.2) is 17.1 Å². The lowest BCUT2D eigenvalue weighted by Crippen LogP contribution is -2.38. The molecule has 0 saturated carbocycles. The molecule has 1 aromatic rings. The quantitative estimate of drug-likeness (QED) is 0.465. The highest BCUT2D eigenvalue weighted by Crippen LogP contribution is 2.39. The highest BCUT2D eigenvalue weighted by Gasteiger charge is 2.15. The molecule has 0 heterocycles. The van der Waals surface area contributed by atoms with Crippen molar-refractivity contribution in [1.82, 2.24) is 10.6 Å². The average Bonchev–Trinajstić information content (AvgIpc) is 2.67. The minimum atomic E-state index is 0.627. The van der Waals surface area contributed by atoms with Crippen molar-refractivity contribution in [1.29, 1.82) is 0 Å². The normalized spacial score (nSPS) is 11.4. The van der Waals surface area contributed by atoms with Crippen molar-refractivity contribution < 1.29 is 14.2 Å². The van der Waals surface area contributed by atoms with Gasteiger partial charge in [0, 0.05) is 25.2 Å². The Bertz CT molecular complexity index is 557. The topological polar surface area (TPSA) is 64.1 Å². The average molecular weight is 366 g/mol.